The number of rotatable bonds is 0. The second kappa shape index (κ2) is 2.49. The van der Waals surface area contributed by atoms with Gasteiger partial charge in [-0.15, -0.1) is 0 Å². The molecule has 0 aliphatic carbocycles. The maximum atomic E-state index is 2.33. The van der Waals surface area contributed by atoms with Crippen LogP contribution in [0.2, 0.25) is 0 Å². The maximum Gasteiger partial charge on any atom is -1.00 e. The number of hydrogen-bond acceptors (Lipinski definition) is 0. The molecule has 1 unspecified atom stereocenters. The van der Waals surface area contributed by atoms with E-state index in [1.807, 2.05) is 0 Å². The Balaban J connectivity index is 0. The molecule has 0 aromatic carbocycles. The van der Waals surface area contributed by atoms with Crippen LogP contribution in [0, 0.1) is 13.8 Å². The molecule has 2 heteroatoms. The van der Waals surface area contributed by atoms with Crippen molar-refractivity contribution < 1.29 is 27.2 Å². The van der Waals surface area contributed by atoms with Crippen molar-refractivity contribution in [2.75, 3.05) is 0 Å². The van der Waals surface area contributed by atoms with E-state index in [4.69, 9.17) is 0 Å². The van der Waals surface area contributed by atoms with Crippen LogP contribution in [0.25, 0.3) is 0 Å². The molecule has 0 aliphatic heterocycles. The Bertz CT molecular complexity index is 178. The van der Waals surface area contributed by atoms with E-state index < -0.39 is 0 Å². The molecule has 0 nitrogen and oxygen atoms in total. The third kappa shape index (κ3) is 1.14. The molecule has 1 heterocycles. The van der Waals surface area contributed by atoms with Gasteiger partial charge in [0, 0.05) is 0 Å². The summed E-state index contributed by atoms with van der Waals surface area (Å²) < 4.78 is 1.57. The molecule has 0 radical (unpaired) electrons. The molecule has 1 atom stereocenters. The van der Waals surface area contributed by atoms with Crippen molar-refractivity contribution in [2.24, 2.45) is 0 Å². The van der Waals surface area contributed by atoms with Gasteiger partial charge in [-0.3, -0.25) is 0 Å². The minimum Gasteiger partial charge on any atom is -1.00 e. The normalized spacial score (nSPS) is 11.0. The van der Waals surface area contributed by atoms with E-state index in [1.54, 1.807) is 33.0 Å². The Morgan fingerprint density at radius 1 is 1.62 bits per heavy atom. The summed E-state index contributed by atoms with van der Waals surface area (Å²) in [6, 6.07) is 0. The zero-order valence-corrected chi connectivity index (χ0v) is 7.96. The molecule has 42 valence electrons. The van der Waals surface area contributed by atoms with Crippen molar-refractivity contribution in [1.29, 1.82) is 0 Å². The predicted octanol–water partition coefficient (Wildman–Crippen LogP) is 1.73. The Morgan fingerprint density at radius 3 is 2.38 bits per heavy atom. The smallest absolute Gasteiger partial charge is 1.00 e. The van der Waals surface area contributed by atoms with Gasteiger partial charge in [-0.25, -0.2) is 0 Å². The van der Waals surface area contributed by atoms with Crippen LogP contribution in [0.4, 0.5) is 0 Å². The average molecular weight is 158 g/mol. The molecule has 0 fully saturated rings. The molecule has 1 rings (SSSR count). The fourth-order valence-electron chi connectivity index (χ4n) is 0.668. The average Bonchev–Trinajstić information content (AvgIpc) is 1.98. The third-order valence-electron chi connectivity index (χ3n) is 1.33. The monoisotopic (exact) mass is 158 g/mol. The second-order valence-electron chi connectivity index (χ2n) is 2.01. The molecule has 0 aliphatic rings. The first kappa shape index (κ1) is 6.77. The fraction of sp³-hybridized carbons (Fsp3) is 0.333. The van der Waals surface area contributed by atoms with E-state index in [0.717, 1.165) is 8.19 Å². The third-order valence-corrected chi connectivity index (χ3v) is 4.45. The van der Waals surface area contributed by atoms with Crippen LogP contribution in [-0.2, 0) is 24.4 Å². The molecule has 0 bridgehead atoms. The van der Waals surface area contributed by atoms with Crippen LogP contribution in [0.3, 0.4) is 0 Å². The Kier molecular flexibility index (Phi) is 2.11. The first-order chi connectivity index (χ1) is 3.72. The SMILES string of the molecule is Cc1c[pH]c(C)[c]1[Sc+2].[H-].[H-]. The van der Waals surface area contributed by atoms with Crippen molar-refractivity contribution in [2.45, 2.75) is 13.8 Å². The molecular formula is C6H10PSc. The first-order valence-corrected chi connectivity index (χ1v) is 4.59. The summed E-state index contributed by atoms with van der Waals surface area (Å²) in [7, 11) is 0.976. The fourth-order valence-corrected chi connectivity index (χ4v) is 2.39. The van der Waals surface area contributed by atoms with E-state index in [-0.39, 0.29) is 2.85 Å². The summed E-state index contributed by atoms with van der Waals surface area (Å²) in [5.74, 6) is 2.33. The van der Waals surface area contributed by atoms with E-state index >= 15 is 0 Å². The van der Waals surface area contributed by atoms with Gasteiger partial charge in [0.25, 0.3) is 0 Å². The molecule has 0 saturated carbocycles. The van der Waals surface area contributed by atoms with Gasteiger partial charge >= 0.3 is 66.4 Å². The van der Waals surface area contributed by atoms with E-state index in [2.05, 4.69) is 19.6 Å². The molecule has 8 heavy (non-hydrogen) atoms. The van der Waals surface area contributed by atoms with E-state index in [9.17, 15) is 0 Å². The predicted molar refractivity (Wildman–Crippen MR) is 37.3 cm³/mol. The minimum atomic E-state index is 0. The van der Waals surface area contributed by atoms with Crippen molar-refractivity contribution in [3.63, 3.8) is 0 Å². The van der Waals surface area contributed by atoms with Crippen molar-refractivity contribution in [1.82, 2.24) is 0 Å². The molecule has 1 aromatic rings. The Morgan fingerprint density at radius 2 is 2.25 bits per heavy atom. The van der Waals surface area contributed by atoms with Gasteiger partial charge < -0.3 is 2.85 Å². The second-order valence-corrected chi connectivity index (χ2v) is 4.24. The summed E-state index contributed by atoms with van der Waals surface area (Å²) in [5.41, 5.74) is 1.50. The van der Waals surface area contributed by atoms with E-state index in [1.165, 1.54) is 5.56 Å². The Labute approximate surface area is 69.3 Å². The summed E-state index contributed by atoms with van der Waals surface area (Å²) in [5, 5.41) is 1.59. The quantitative estimate of drug-likeness (QED) is 0.539. The maximum absolute atomic E-state index is 2.33. The Hall–Kier alpha value is 0.650. The van der Waals surface area contributed by atoms with Gasteiger partial charge in [-0.2, -0.15) is 0 Å². The van der Waals surface area contributed by atoms with Crippen LogP contribution >= 0.6 is 8.19 Å². The number of hydrogen-bond donors (Lipinski definition) is 0. The molecular weight excluding hydrogens is 148 g/mol. The first-order valence-electron chi connectivity index (χ1n) is 2.62. The van der Waals surface area contributed by atoms with Crippen molar-refractivity contribution in [3.8, 4) is 0 Å². The largest absolute Gasteiger partial charge is 1.00 e. The van der Waals surface area contributed by atoms with Crippen molar-refractivity contribution >= 4 is 11.5 Å². The summed E-state index contributed by atoms with van der Waals surface area (Å²) >= 11 is 1.77. The minimum absolute atomic E-state index is 0. The van der Waals surface area contributed by atoms with Crippen LogP contribution in [0.5, 0.6) is 0 Å². The van der Waals surface area contributed by atoms with Gasteiger partial charge in [0.05, 0.1) is 0 Å². The standard InChI is InChI=1S/C6H8P.Sc.2H/c1-5-3-6(2)7-4-5;;;/h4,7H,1-2H3;;;/q;+2;2*-1. The van der Waals surface area contributed by atoms with Crippen molar-refractivity contribution in [3.05, 3.63) is 16.7 Å². The summed E-state index contributed by atoms with van der Waals surface area (Å²) in [6.07, 6.45) is 0. The van der Waals surface area contributed by atoms with Crippen LogP contribution in [-0.4, -0.2) is 0 Å². The zero-order chi connectivity index (χ0) is 6.15. The van der Waals surface area contributed by atoms with Gasteiger partial charge in [-0.05, 0) is 0 Å². The van der Waals surface area contributed by atoms with Gasteiger partial charge in [0.15, 0.2) is 0 Å². The number of aryl methyl sites for hydroxylation is 2. The van der Waals surface area contributed by atoms with Gasteiger partial charge in [-0.1, -0.05) is 0 Å². The topological polar surface area (TPSA) is 0 Å². The molecule has 0 amide bonds. The zero-order valence-electron chi connectivity index (χ0n) is 7.15. The molecule has 1 aromatic heterocycles. The van der Waals surface area contributed by atoms with Crippen LogP contribution in [0.1, 0.15) is 13.7 Å². The van der Waals surface area contributed by atoms with Gasteiger partial charge in [0.2, 0.25) is 0 Å². The van der Waals surface area contributed by atoms with Gasteiger partial charge in [0.1, 0.15) is 0 Å². The summed E-state index contributed by atoms with van der Waals surface area (Å²) in [4.78, 5) is 0. The molecule has 0 saturated heterocycles. The molecule has 0 N–H and O–H groups in total. The van der Waals surface area contributed by atoms with Crippen LogP contribution < -0.4 is 3.32 Å². The summed E-state index contributed by atoms with van der Waals surface area (Å²) in [6.45, 7) is 4.42. The van der Waals surface area contributed by atoms with Crippen LogP contribution in [0.15, 0.2) is 5.80 Å². The molecule has 0 spiro atoms. The van der Waals surface area contributed by atoms with E-state index in [0.29, 0.717) is 0 Å².